The van der Waals surface area contributed by atoms with Crippen molar-refractivity contribution in [1.29, 1.82) is 0 Å². The van der Waals surface area contributed by atoms with Gasteiger partial charge in [0.15, 0.2) is 5.84 Å². The monoisotopic (exact) mass is 277 g/mol. The molecule has 0 amide bonds. The second-order valence-electron chi connectivity index (χ2n) is 3.39. The highest BCUT2D eigenvalue weighted by molar-refractivity contribution is 7.80. The molecule has 0 aromatic heterocycles. The first-order valence-electron chi connectivity index (χ1n) is 4.53. The van der Waals surface area contributed by atoms with Gasteiger partial charge in [-0.3, -0.25) is 9.27 Å². The molecule has 6 nitrogen and oxygen atoms in total. The highest BCUT2D eigenvalue weighted by Gasteiger charge is 2.16. The molecule has 1 aromatic rings. The summed E-state index contributed by atoms with van der Waals surface area (Å²) in [4.78, 5) is 0. The minimum Gasteiger partial charge on any atom is -0.409 e. The third kappa shape index (κ3) is 2.87. The van der Waals surface area contributed by atoms with Crippen LogP contribution >= 0.6 is 11.6 Å². The normalized spacial score (nSPS) is 13.5. The smallest absolute Gasteiger partial charge is 0.259 e. The second kappa shape index (κ2) is 5.35. The molecule has 0 aliphatic carbocycles. The number of halogens is 1. The first-order valence-corrected chi connectivity index (χ1v) is 6.02. The summed E-state index contributed by atoms with van der Waals surface area (Å²) in [5, 5.41) is 11.8. The van der Waals surface area contributed by atoms with Crippen LogP contribution in [0.3, 0.4) is 0 Å². The van der Waals surface area contributed by atoms with Crippen molar-refractivity contribution in [2.45, 2.75) is 13.8 Å². The molecule has 8 heteroatoms. The van der Waals surface area contributed by atoms with Crippen molar-refractivity contribution < 1.29 is 14.0 Å². The Balaban J connectivity index is 3.51. The Bertz CT molecular complexity index is 505. The van der Waals surface area contributed by atoms with E-state index in [0.29, 0.717) is 0 Å². The Morgan fingerprint density at radius 3 is 2.65 bits per heavy atom. The maximum atomic E-state index is 10.8. The molecule has 0 bridgehead atoms. The number of rotatable bonds is 3. The largest absolute Gasteiger partial charge is 0.409 e. The van der Waals surface area contributed by atoms with Crippen LogP contribution < -0.4 is 10.5 Å². The van der Waals surface area contributed by atoms with Crippen molar-refractivity contribution in [3.05, 3.63) is 27.8 Å². The zero-order valence-electron chi connectivity index (χ0n) is 9.19. The second-order valence-corrected chi connectivity index (χ2v) is 4.47. The Morgan fingerprint density at radius 2 is 2.18 bits per heavy atom. The Labute approximate surface area is 106 Å². The van der Waals surface area contributed by atoms with Crippen LogP contribution in [0.25, 0.3) is 0 Å². The van der Waals surface area contributed by atoms with Crippen LogP contribution in [0.4, 0.5) is 5.69 Å². The predicted molar refractivity (Wildman–Crippen MR) is 67.8 cm³/mol. The molecule has 0 aliphatic rings. The number of nitrogens with one attached hydrogen (secondary N) is 1. The van der Waals surface area contributed by atoms with E-state index in [1.165, 1.54) is 0 Å². The highest BCUT2D eigenvalue weighted by Crippen LogP contribution is 2.32. The average Bonchev–Trinajstić information content (AvgIpc) is 2.28. The van der Waals surface area contributed by atoms with E-state index in [0.717, 1.165) is 11.1 Å². The fourth-order valence-corrected chi connectivity index (χ4v) is 2.06. The number of oxime groups is 1. The maximum Gasteiger partial charge on any atom is 0.259 e. The van der Waals surface area contributed by atoms with E-state index < -0.39 is 11.3 Å². The molecule has 94 valence electrons. The van der Waals surface area contributed by atoms with Crippen molar-refractivity contribution in [2.24, 2.45) is 10.9 Å². The van der Waals surface area contributed by atoms with Gasteiger partial charge >= 0.3 is 0 Å². The molecule has 17 heavy (non-hydrogen) atoms. The minimum absolute atomic E-state index is 0.158. The molecule has 0 spiro atoms. The van der Waals surface area contributed by atoms with Gasteiger partial charge in [0.1, 0.15) is 0 Å². The van der Waals surface area contributed by atoms with Crippen molar-refractivity contribution in [3.8, 4) is 0 Å². The Morgan fingerprint density at radius 1 is 1.59 bits per heavy atom. The summed E-state index contributed by atoms with van der Waals surface area (Å²) in [6.07, 6.45) is 0. The van der Waals surface area contributed by atoms with Gasteiger partial charge in [0.25, 0.3) is 11.3 Å². The van der Waals surface area contributed by atoms with Crippen molar-refractivity contribution >= 4 is 34.4 Å². The molecule has 5 N–H and O–H groups in total. The van der Waals surface area contributed by atoms with Gasteiger partial charge in [0, 0.05) is 5.56 Å². The van der Waals surface area contributed by atoms with Gasteiger partial charge in [-0.25, -0.2) is 4.21 Å². The molecule has 0 saturated heterocycles. The van der Waals surface area contributed by atoms with Crippen LogP contribution in [-0.4, -0.2) is 19.8 Å². The van der Waals surface area contributed by atoms with Crippen LogP contribution in [-0.2, 0) is 11.3 Å². The number of hydrogen-bond acceptors (Lipinski definition) is 3. The Kier molecular flexibility index (Phi) is 4.33. The van der Waals surface area contributed by atoms with Gasteiger partial charge in [-0.15, -0.1) is 0 Å². The molecule has 1 atom stereocenters. The van der Waals surface area contributed by atoms with E-state index in [4.69, 9.17) is 27.1 Å². The lowest BCUT2D eigenvalue weighted by atomic mass is 10.0. The third-order valence-corrected chi connectivity index (χ3v) is 3.19. The number of anilines is 1. The molecule has 0 radical (unpaired) electrons. The van der Waals surface area contributed by atoms with Gasteiger partial charge in [-0.2, -0.15) is 0 Å². The van der Waals surface area contributed by atoms with Crippen LogP contribution in [0.5, 0.6) is 0 Å². The zero-order chi connectivity index (χ0) is 13.2. The van der Waals surface area contributed by atoms with E-state index in [1.54, 1.807) is 19.9 Å². The summed E-state index contributed by atoms with van der Waals surface area (Å²) in [5.41, 5.74) is 7.47. The van der Waals surface area contributed by atoms with Crippen LogP contribution in [0.1, 0.15) is 16.7 Å². The fourth-order valence-electron chi connectivity index (χ4n) is 1.32. The lowest BCUT2D eigenvalue weighted by molar-refractivity contribution is 0.318. The van der Waals surface area contributed by atoms with Crippen LogP contribution in [0, 0.1) is 13.8 Å². The number of hydrogen-bond donors (Lipinski definition) is 4. The zero-order valence-corrected chi connectivity index (χ0v) is 10.8. The molecule has 0 aliphatic heterocycles. The van der Waals surface area contributed by atoms with Crippen molar-refractivity contribution in [1.82, 2.24) is 0 Å². The molecule has 1 unspecified atom stereocenters. The van der Waals surface area contributed by atoms with E-state index in [-0.39, 0.29) is 22.1 Å². The number of nitrogens with two attached hydrogens (primary N) is 1. The summed E-state index contributed by atoms with van der Waals surface area (Å²) in [6.45, 7) is 3.56. The molecule has 0 fully saturated rings. The maximum absolute atomic E-state index is 10.8. The van der Waals surface area contributed by atoms with Gasteiger partial charge in [-0.05, 0) is 31.0 Å². The topological polar surface area (TPSA) is 108 Å². The van der Waals surface area contributed by atoms with E-state index in [2.05, 4.69) is 9.88 Å². The van der Waals surface area contributed by atoms with Crippen molar-refractivity contribution in [3.63, 3.8) is 0 Å². The van der Waals surface area contributed by atoms with Gasteiger partial charge in [0.2, 0.25) is 0 Å². The molecule has 1 aromatic carbocycles. The predicted octanol–water partition coefficient (Wildman–Crippen LogP) is 1.60. The summed E-state index contributed by atoms with van der Waals surface area (Å²) < 4.78 is 21.9. The number of nitrogens with zero attached hydrogens (tertiary/aromatic N) is 1. The SMILES string of the molecule is Cc1cc(C(N)=NO)c(NS(=O)O)c(Cl)c1C. The molecular formula is C9H12ClN3O3S. The fraction of sp³-hybridized carbons (Fsp3) is 0.222. The summed E-state index contributed by atoms with van der Waals surface area (Å²) in [5.74, 6) is -0.192. The lowest BCUT2D eigenvalue weighted by Gasteiger charge is -2.14. The standard InChI is InChI=1S/C9H12ClN3O3S/c1-4-3-6(9(11)12-14)8(13-17(15)16)7(10)5(4)2/h3,13-14H,1-2H3,(H2,11,12)(H,15,16). The van der Waals surface area contributed by atoms with E-state index >= 15 is 0 Å². The van der Waals surface area contributed by atoms with Crippen molar-refractivity contribution in [2.75, 3.05) is 4.72 Å². The van der Waals surface area contributed by atoms with Gasteiger partial charge in [0.05, 0.1) is 10.7 Å². The first kappa shape index (κ1) is 13.8. The highest BCUT2D eigenvalue weighted by atomic mass is 35.5. The summed E-state index contributed by atoms with van der Waals surface area (Å²) in [6, 6.07) is 1.62. The molecule has 0 heterocycles. The van der Waals surface area contributed by atoms with E-state index in [1.807, 2.05) is 0 Å². The van der Waals surface area contributed by atoms with Crippen LogP contribution in [0.15, 0.2) is 11.2 Å². The first-order chi connectivity index (χ1) is 7.88. The lowest BCUT2D eigenvalue weighted by Crippen LogP contribution is -2.18. The number of amidine groups is 1. The number of benzene rings is 1. The molecular weight excluding hydrogens is 266 g/mol. The van der Waals surface area contributed by atoms with Crippen LogP contribution in [0.2, 0.25) is 5.02 Å². The Hall–Kier alpha value is -1.31. The quantitative estimate of drug-likeness (QED) is 0.221. The minimum atomic E-state index is -2.30. The van der Waals surface area contributed by atoms with Gasteiger partial charge in [-0.1, -0.05) is 16.8 Å². The van der Waals surface area contributed by atoms with Gasteiger partial charge < -0.3 is 10.9 Å². The summed E-state index contributed by atoms with van der Waals surface area (Å²) in [7, 11) is 0. The molecule has 0 saturated carbocycles. The number of aryl methyl sites for hydroxylation is 1. The molecule has 1 rings (SSSR count). The third-order valence-electron chi connectivity index (χ3n) is 2.34. The summed E-state index contributed by atoms with van der Waals surface area (Å²) >= 11 is 3.75. The van der Waals surface area contributed by atoms with E-state index in [9.17, 15) is 4.21 Å². The average molecular weight is 278 g/mol.